The van der Waals surface area contributed by atoms with Gasteiger partial charge in [-0.2, -0.15) is 24.5 Å². The maximum absolute atomic E-state index is 12.2. The van der Waals surface area contributed by atoms with Crippen LogP contribution < -0.4 is 0 Å². The third-order valence-corrected chi connectivity index (χ3v) is 6.09. The molecule has 1 amide bonds. The lowest BCUT2D eigenvalue weighted by Gasteiger charge is -2.40. The Morgan fingerprint density at radius 1 is 1.22 bits per heavy atom. The van der Waals surface area contributed by atoms with Crippen molar-refractivity contribution in [3.8, 4) is 0 Å². The molecule has 3 aliphatic rings. The monoisotopic (exact) mass is 404 g/mol. The number of likely N-dealkylation sites (tertiary alicyclic amines) is 2. The Hall–Kier alpha value is -1.61. The number of carbonyl (C=O) groups is 2. The van der Waals surface area contributed by atoms with Crippen LogP contribution in [0.2, 0.25) is 0 Å². The second-order valence-electron chi connectivity index (χ2n) is 7.36. The Morgan fingerprint density at radius 3 is 2.48 bits per heavy atom. The van der Waals surface area contributed by atoms with Crippen molar-refractivity contribution < 1.29 is 27.9 Å². The first kappa shape index (κ1) is 20.1. The van der Waals surface area contributed by atoms with Crippen molar-refractivity contribution in [2.45, 2.75) is 56.9 Å². The number of carboxylic acid groups (broad SMARTS) is 1. The average Bonchev–Trinajstić information content (AvgIpc) is 3.10. The largest absolute Gasteiger partial charge is 0.490 e. The zero-order valence-electron chi connectivity index (χ0n) is 14.8. The molecule has 0 spiro atoms. The number of alkyl halides is 3. The summed E-state index contributed by atoms with van der Waals surface area (Å²) in [5, 5.41) is 11.5. The highest BCUT2D eigenvalue weighted by atomic mass is 32.1. The molecule has 0 bridgehead atoms. The molecule has 1 aromatic heterocycles. The molecule has 0 aromatic carbocycles. The Morgan fingerprint density at radius 2 is 1.93 bits per heavy atom. The van der Waals surface area contributed by atoms with Crippen LogP contribution in [0.3, 0.4) is 0 Å². The molecule has 1 saturated carbocycles. The number of aliphatic carboxylic acids is 1. The van der Waals surface area contributed by atoms with Crippen LogP contribution in [0.25, 0.3) is 0 Å². The lowest BCUT2D eigenvalue weighted by Crippen LogP contribution is -2.52. The van der Waals surface area contributed by atoms with Crippen LogP contribution in [0, 0.1) is 5.92 Å². The minimum absolute atomic E-state index is 0.413. The van der Waals surface area contributed by atoms with E-state index in [1.54, 1.807) is 11.3 Å². The summed E-state index contributed by atoms with van der Waals surface area (Å²) >= 11 is 1.78. The quantitative estimate of drug-likeness (QED) is 0.836. The minimum Gasteiger partial charge on any atom is -0.475 e. The SMILES string of the molecule is O=C(O)C(F)(F)F.O=C1CC[C@@H]2[C@@H](CCN2Cc2ccsc2)N1CC1CC1. The van der Waals surface area contributed by atoms with E-state index in [9.17, 15) is 18.0 Å². The molecule has 2 atom stereocenters. The molecule has 5 nitrogen and oxygen atoms in total. The van der Waals surface area contributed by atoms with Gasteiger partial charge in [0.2, 0.25) is 5.91 Å². The van der Waals surface area contributed by atoms with Crippen LogP contribution in [-0.2, 0) is 16.1 Å². The molecule has 3 fully saturated rings. The summed E-state index contributed by atoms with van der Waals surface area (Å²) in [6.45, 7) is 3.25. The summed E-state index contributed by atoms with van der Waals surface area (Å²) in [6.07, 6.45) is 0.579. The van der Waals surface area contributed by atoms with Gasteiger partial charge in [0.1, 0.15) is 0 Å². The lowest BCUT2D eigenvalue weighted by atomic mass is 9.95. The van der Waals surface area contributed by atoms with Crippen LogP contribution in [0.15, 0.2) is 16.8 Å². The number of amides is 1. The maximum atomic E-state index is 12.2. The minimum atomic E-state index is -5.08. The Kier molecular flexibility index (Phi) is 6.10. The van der Waals surface area contributed by atoms with Crippen LogP contribution in [0.5, 0.6) is 0 Å². The van der Waals surface area contributed by atoms with Gasteiger partial charge in [0.25, 0.3) is 0 Å². The van der Waals surface area contributed by atoms with Crippen LogP contribution in [0.4, 0.5) is 13.2 Å². The average molecular weight is 404 g/mol. The summed E-state index contributed by atoms with van der Waals surface area (Å²) in [7, 11) is 0. The van der Waals surface area contributed by atoms with Gasteiger partial charge in [-0.25, -0.2) is 4.79 Å². The third-order valence-electron chi connectivity index (χ3n) is 5.36. The molecule has 1 aliphatic carbocycles. The molecular weight excluding hydrogens is 381 g/mol. The molecule has 3 heterocycles. The van der Waals surface area contributed by atoms with E-state index in [0.717, 1.165) is 38.4 Å². The van der Waals surface area contributed by atoms with E-state index < -0.39 is 12.1 Å². The summed E-state index contributed by atoms with van der Waals surface area (Å²) in [4.78, 5) is 26.0. The fourth-order valence-corrected chi connectivity index (χ4v) is 4.53. The molecule has 0 unspecified atom stereocenters. The number of rotatable bonds is 4. The number of hydrogen-bond acceptors (Lipinski definition) is 4. The Bertz CT molecular complexity index is 661. The summed E-state index contributed by atoms with van der Waals surface area (Å²) in [5.41, 5.74) is 1.43. The van der Waals surface area contributed by atoms with Crippen molar-refractivity contribution in [2.75, 3.05) is 13.1 Å². The number of carbonyl (C=O) groups excluding carboxylic acids is 1. The number of thiophene rings is 1. The van der Waals surface area contributed by atoms with Gasteiger partial charge in [-0.1, -0.05) is 0 Å². The van der Waals surface area contributed by atoms with Gasteiger partial charge in [0.05, 0.1) is 0 Å². The summed E-state index contributed by atoms with van der Waals surface area (Å²) in [5.74, 6) is -1.54. The van der Waals surface area contributed by atoms with Gasteiger partial charge in [-0.05, 0) is 54.0 Å². The molecule has 0 radical (unpaired) electrons. The van der Waals surface area contributed by atoms with Crippen molar-refractivity contribution in [2.24, 2.45) is 5.92 Å². The normalized spacial score (nSPS) is 25.7. The van der Waals surface area contributed by atoms with Crippen molar-refractivity contribution in [3.63, 3.8) is 0 Å². The summed E-state index contributed by atoms with van der Waals surface area (Å²) in [6, 6.07) is 3.33. The first-order chi connectivity index (χ1) is 12.8. The number of halogens is 3. The van der Waals surface area contributed by atoms with E-state index in [2.05, 4.69) is 26.6 Å². The molecule has 9 heteroatoms. The van der Waals surface area contributed by atoms with Gasteiger partial charge >= 0.3 is 12.1 Å². The first-order valence-electron chi connectivity index (χ1n) is 9.10. The highest BCUT2D eigenvalue weighted by molar-refractivity contribution is 7.07. The molecule has 2 aliphatic heterocycles. The van der Waals surface area contributed by atoms with Crippen molar-refractivity contribution >= 4 is 23.2 Å². The highest BCUT2D eigenvalue weighted by Gasteiger charge is 2.44. The number of piperidine rings is 1. The van der Waals surface area contributed by atoms with Gasteiger partial charge in [-0.3, -0.25) is 9.69 Å². The Labute approximate surface area is 159 Å². The van der Waals surface area contributed by atoms with E-state index in [1.165, 1.54) is 24.8 Å². The lowest BCUT2D eigenvalue weighted by molar-refractivity contribution is -0.192. The van der Waals surface area contributed by atoms with E-state index >= 15 is 0 Å². The topological polar surface area (TPSA) is 60.9 Å². The molecular formula is C18H23F3N2O3S. The van der Waals surface area contributed by atoms with Gasteiger partial charge < -0.3 is 10.0 Å². The van der Waals surface area contributed by atoms with E-state index in [0.29, 0.717) is 18.0 Å². The zero-order valence-corrected chi connectivity index (χ0v) is 15.6. The Balaban J connectivity index is 0.000000260. The molecule has 27 heavy (non-hydrogen) atoms. The molecule has 4 rings (SSSR count). The smallest absolute Gasteiger partial charge is 0.475 e. The zero-order chi connectivity index (χ0) is 19.6. The predicted molar refractivity (Wildman–Crippen MR) is 94.3 cm³/mol. The molecule has 1 N–H and O–H groups in total. The number of nitrogens with zero attached hydrogens (tertiary/aromatic N) is 2. The van der Waals surface area contributed by atoms with E-state index in [-0.39, 0.29) is 0 Å². The molecule has 1 aromatic rings. The number of hydrogen-bond donors (Lipinski definition) is 1. The number of fused-ring (bicyclic) bond motifs is 1. The van der Waals surface area contributed by atoms with E-state index in [1.807, 2.05) is 0 Å². The van der Waals surface area contributed by atoms with Crippen molar-refractivity contribution in [3.05, 3.63) is 22.4 Å². The molecule has 150 valence electrons. The molecule has 2 saturated heterocycles. The predicted octanol–water partition coefficient (Wildman–Crippen LogP) is 3.36. The highest BCUT2D eigenvalue weighted by Crippen LogP contribution is 2.37. The fraction of sp³-hybridized carbons (Fsp3) is 0.667. The van der Waals surface area contributed by atoms with Crippen LogP contribution >= 0.6 is 11.3 Å². The number of carboxylic acids is 1. The first-order valence-corrected chi connectivity index (χ1v) is 10.0. The maximum Gasteiger partial charge on any atom is 0.490 e. The van der Waals surface area contributed by atoms with Gasteiger partial charge in [0.15, 0.2) is 0 Å². The van der Waals surface area contributed by atoms with Crippen LogP contribution in [-0.4, -0.2) is 58.1 Å². The second kappa shape index (κ2) is 8.18. The van der Waals surface area contributed by atoms with E-state index in [4.69, 9.17) is 9.90 Å². The standard InChI is InChI=1S/C16H22N2OS.C2HF3O2/c19-16-4-3-14-15(18(16)10-12-1-2-12)5-7-17(14)9-13-6-8-20-11-13;3-2(4,5)1(6)7/h6,8,11-12,14-15H,1-5,7,9-10H2;(H,6,7)/t14-,15-;/m1./s1. The van der Waals surface area contributed by atoms with Crippen molar-refractivity contribution in [1.29, 1.82) is 0 Å². The van der Waals surface area contributed by atoms with Gasteiger partial charge in [0, 0.05) is 38.1 Å². The second-order valence-corrected chi connectivity index (χ2v) is 8.14. The van der Waals surface area contributed by atoms with Crippen LogP contribution in [0.1, 0.15) is 37.7 Å². The third kappa shape index (κ3) is 5.22. The van der Waals surface area contributed by atoms with Gasteiger partial charge in [-0.15, -0.1) is 0 Å². The fourth-order valence-electron chi connectivity index (χ4n) is 3.87. The van der Waals surface area contributed by atoms with Crippen molar-refractivity contribution in [1.82, 2.24) is 9.80 Å². The summed E-state index contributed by atoms with van der Waals surface area (Å²) < 4.78 is 31.7.